The maximum absolute atomic E-state index is 14.5. The molecule has 0 spiro atoms. The Morgan fingerprint density at radius 3 is 2.71 bits per heavy atom. The molecule has 0 amide bonds. The van der Waals surface area contributed by atoms with E-state index >= 15 is 0 Å². The number of H-pyrrole nitrogens is 1. The van der Waals surface area contributed by atoms with Gasteiger partial charge in [-0.25, -0.2) is 26.6 Å². The first kappa shape index (κ1) is 18.9. The van der Waals surface area contributed by atoms with Crippen molar-refractivity contribution in [1.29, 1.82) is 0 Å². The van der Waals surface area contributed by atoms with Crippen LogP contribution in [-0.4, -0.2) is 51.5 Å². The highest BCUT2D eigenvalue weighted by atomic mass is 32.2. The summed E-state index contributed by atoms with van der Waals surface area (Å²) in [6.07, 6.45) is -0.862. The molecule has 3 heterocycles. The molecule has 2 aromatic heterocycles. The molecule has 0 saturated carbocycles. The molecule has 28 heavy (non-hydrogen) atoms. The van der Waals surface area contributed by atoms with Crippen LogP contribution in [0.3, 0.4) is 0 Å². The Hall–Kier alpha value is -2.40. The summed E-state index contributed by atoms with van der Waals surface area (Å²) >= 11 is 0. The van der Waals surface area contributed by atoms with Crippen molar-refractivity contribution < 1.29 is 21.6 Å². The van der Waals surface area contributed by atoms with Gasteiger partial charge in [0.25, 0.3) is 16.4 Å². The monoisotopic (exact) mass is 413 g/mol. The van der Waals surface area contributed by atoms with Crippen molar-refractivity contribution in [3.8, 4) is 11.4 Å². The van der Waals surface area contributed by atoms with Gasteiger partial charge in [-0.2, -0.15) is 9.40 Å². The minimum atomic E-state index is -4.23. The van der Waals surface area contributed by atoms with Gasteiger partial charge in [0.1, 0.15) is 17.2 Å². The number of halogens is 3. The Morgan fingerprint density at radius 1 is 1.32 bits per heavy atom. The number of sulfonamides is 1. The third-order valence-corrected chi connectivity index (χ3v) is 6.83. The highest BCUT2D eigenvalue weighted by molar-refractivity contribution is 7.89. The number of aryl methyl sites for hydroxylation is 2. The average Bonchev–Trinajstić information content (AvgIpc) is 3.33. The zero-order chi connectivity index (χ0) is 20.2. The minimum Gasteiger partial charge on any atom is -0.342 e. The van der Waals surface area contributed by atoms with Crippen LogP contribution >= 0.6 is 0 Å². The lowest BCUT2D eigenvalue weighted by Crippen LogP contribution is -2.39. The average molecular weight is 413 g/mol. The fourth-order valence-electron chi connectivity index (χ4n) is 3.69. The Bertz CT molecular complexity index is 1160. The Kier molecular flexibility index (Phi) is 4.46. The van der Waals surface area contributed by atoms with Gasteiger partial charge in [-0.15, -0.1) is 0 Å². The summed E-state index contributed by atoms with van der Waals surface area (Å²) in [6, 6.07) is 1.16. The van der Waals surface area contributed by atoms with Crippen molar-refractivity contribution in [3.05, 3.63) is 29.8 Å². The summed E-state index contributed by atoms with van der Waals surface area (Å²) < 4.78 is 69.2. The van der Waals surface area contributed by atoms with Gasteiger partial charge >= 0.3 is 0 Å². The zero-order valence-corrected chi connectivity index (χ0v) is 16.0. The van der Waals surface area contributed by atoms with Crippen LogP contribution in [0.2, 0.25) is 0 Å². The number of nitrogens with one attached hydrogen (secondary N) is 1. The van der Waals surface area contributed by atoms with E-state index in [0.717, 1.165) is 4.31 Å². The molecule has 7 nitrogen and oxygen atoms in total. The van der Waals surface area contributed by atoms with Crippen molar-refractivity contribution >= 4 is 20.9 Å². The van der Waals surface area contributed by atoms with E-state index < -0.39 is 28.3 Å². The first-order valence-corrected chi connectivity index (χ1v) is 10.1. The van der Waals surface area contributed by atoms with E-state index in [4.69, 9.17) is 0 Å². The fourth-order valence-corrected chi connectivity index (χ4v) is 5.37. The lowest BCUT2D eigenvalue weighted by molar-refractivity contribution is 0.0784. The number of nitrogens with zero attached hydrogens (tertiary/aromatic N) is 4. The Morgan fingerprint density at radius 2 is 2.07 bits per heavy atom. The lowest BCUT2D eigenvalue weighted by Gasteiger charge is -2.22. The highest BCUT2D eigenvalue weighted by Crippen LogP contribution is 2.35. The molecule has 150 valence electrons. The number of aromatic amines is 1. The highest BCUT2D eigenvalue weighted by Gasteiger charge is 2.41. The number of hydrogen-bond donors (Lipinski definition) is 1. The molecule has 11 heteroatoms. The van der Waals surface area contributed by atoms with Crippen LogP contribution < -0.4 is 0 Å². The molecule has 4 rings (SSSR count). The van der Waals surface area contributed by atoms with Crippen molar-refractivity contribution in [2.45, 2.75) is 37.3 Å². The normalized spacial score (nSPS) is 18.6. The molecule has 1 fully saturated rings. The Balaban J connectivity index is 1.89. The third-order valence-electron chi connectivity index (χ3n) is 4.99. The standard InChI is InChI=1S/C17H18F3N5O2S/c1-9-6-11(18)15-10(14(9)17-21-8-24(2)23-17)7-13(22-15)28(26,27)25-5-3-4-12(25)16(19)20/h6-8,12,16,22H,3-5H2,1-2H3. The van der Waals surface area contributed by atoms with Crippen LogP contribution in [0.15, 0.2) is 23.5 Å². The number of aromatic nitrogens is 4. The quantitative estimate of drug-likeness (QED) is 0.713. The van der Waals surface area contributed by atoms with Crippen LogP contribution in [0.4, 0.5) is 13.2 Å². The van der Waals surface area contributed by atoms with Crippen molar-refractivity contribution in [1.82, 2.24) is 24.1 Å². The molecule has 0 radical (unpaired) electrons. The largest absolute Gasteiger partial charge is 0.342 e. The second kappa shape index (κ2) is 6.59. The molecular weight excluding hydrogens is 395 g/mol. The van der Waals surface area contributed by atoms with Crippen LogP contribution in [0.1, 0.15) is 18.4 Å². The molecular formula is C17H18F3N5O2S. The smallest absolute Gasteiger partial charge is 0.258 e. The summed E-state index contributed by atoms with van der Waals surface area (Å²) in [6.45, 7) is 1.67. The predicted molar refractivity (Wildman–Crippen MR) is 95.9 cm³/mol. The van der Waals surface area contributed by atoms with E-state index in [2.05, 4.69) is 15.1 Å². The molecule has 1 N–H and O–H groups in total. The van der Waals surface area contributed by atoms with E-state index in [9.17, 15) is 21.6 Å². The molecule has 1 unspecified atom stereocenters. The molecule has 1 aliphatic heterocycles. The summed E-state index contributed by atoms with van der Waals surface area (Å²) in [7, 11) is -2.56. The molecule has 0 bridgehead atoms. The topological polar surface area (TPSA) is 83.9 Å². The van der Waals surface area contributed by atoms with Crippen LogP contribution in [0.5, 0.6) is 0 Å². The van der Waals surface area contributed by atoms with Crippen LogP contribution in [-0.2, 0) is 17.1 Å². The van der Waals surface area contributed by atoms with Crippen molar-refractivity contribution in [2.75, 3.05) is 6.54 Å². The second-order valence-electron chi connectivity index (χ2n) is 6.87. The SMILES string of the molecule is Cc1cc(F)c2[nH]c(S(=O)(=O)N3CCCC3C(F)F)cc2c1-c1ncn(C)n1. The minimum absolute atomic E-state index is 0.00285. The summed E-state index contributed by atoms with van der Waals surface area (Å²) in [4.78, 5) is 6.74. The molecule has 3 aromatic rings. The van der Waals surface area contributed by atoms with Gasteiger partial charge < -0.3 is 4.98 Å². The van der Waals surface area contributed by atoms with E-state index in [-0.39, 0.29) is 28.9 Å². The van der Waals surface area contributed by atoms with E-state index in [1.165, 1.54) is 23.1 Å². The van der Waals surface area contributed by atoms with E-state index in [1.54, 1.807) is 14.0 Å². The van der Waals surface area contributed by atoms with Gasteiger partial charge in [-0.05, 0) is 37.5 Å². The number of benzene rings is 1. The number of rotatable bonds is 4. The number of alkyl halides is 2. The molecule has 1 saturated heterocycles. The summed E-state index contributed by atoms with van der Waals surface area (Å²) in [5.74, 6) is -0.319. The summed E-state index contributed by atoms with van der Waals surface area (Å²) in [5, 5.41) is 4.18. The molecule has 1 aliphatic rings. The van der Waals surface area contributed by atoms with Gasteiger partial charge in [0, 0.05) is 24.5 Å². The third kappa shape index (κ3) is 2.89. The first-order valence-electron chi connectivity index (χ1n) is 8.68. The second-order valence-corrected chi connectivity index (χ2v) is 8.73. The molecule has 1 aromatic carbocycles. The lowest BCUT2D eigenvalue weighted by atomic mass is 10.0. The van der Waals surface area contributed by atoms with Gasteiger partial charge in [-0.3, -0.25) is 4.68 Å². The Labute approximate surface area is 159 Å². The molecule has 1 atom stereocenters. The maximum Gasteiger partial charge on any atom is 0.258 e. The van der Waals surface area contributed by atoms with Gasteiger partial charge in [0.15, 0.2) is 5.82 Å². The van der Waals surface area contributed by atoms with E-state index in [0.29, 0.717) is 23.4 Å². The van der Waals surface area contributed by atoms with Crippen molar-refractivity contribution in [3.63, 3.8) is 0 Å². The predicted octanol–water partition coefficient (Wildman–Crippen LogP) is 2.83. The van der Waals surface area contributed by atoms with Crippen LogP contribution in [0, 0.1) is 12.7 Å². The zero-order valence-electron chi connectivity index (χ0n) is 15.2. The molecule has 0 aliphatic carbocycles. The number of hydrogen-bond acceptors (Lipinski definition) is 4. The van der Waals surface area contributed by atoms with Crippen LogP contribution in [0.25, 0.3) is 22.3 Å². The van der Waals surface area contributed by atoms with Crippen molar-refractivity contribution in [2.24, 2.45) is 7.05 Å². The van der Waals surface area contributed by atoms with E-state index in [1.807, 2.05) is 0 Å². The maximum atomic E-state index is 14.5. The van der Waals surface area contributed by atoms with Gasteiger partial charge in [0.2, 0.25) is 0 Å². The van der Waals surface area contributed by atoms with Gasteiger partial charge in [-0.1, -0.05) is 0 Å². The number of fused-ring (bicyclic) bond motifs is 1. The van der Waals surface area contributed by atoms with Gasteiger partial charge in [0.05, 0.1) is 11.6 Å². The summed E-state index contributed by atoms with van der Waals surface area (Å²) in [5.41, 5.74) is 0.992. The first-order chi connectivity index (χ1) is 13.2. The fraction of sp³-hybridized carbons (Fsp3) is 0.412.